The van der Waals surface area contributed by atoms with Gasteiger partial charge in [0.05, 0.1) is 11.6 Å². The average molecular weight is 422 g/mol. The number of carbonyl (C=O) groups is 1. The lowest BCUT2D eigenvalue weighted by Crippen LogP contribution is -2.21. The number of ketones is 1. The molecule has 0 radical (unpaired) electrons. The number of fused-ring (bicyclic) bond motifs is 1. The molecule has 1 atom stereocenters. The van der Waals surface area contributed by atoms with E-state index in [1.54, 1.807) is 11.8 Å². The zero-order chi connectivity index (χ0) is 21.3. The fourth-order valence-corrected chi connectivity index (χ4v) is 3.53. The highest BCUT2D eigenvalue weighted by Crippen LogP contribution is 2.33. The van der Waals surface area contributed by atoms with Crippen molar-refractivity contribution in [2.45, 2.75) is 37.9 Å². The lowest BCUT2D eigenvalue weighted by Gasteiger charge is -2.22. The Morgan fingerprint density at radius 1 is 1.24 bits per heavy atom. The topological polar surface area (TPSA) is 70.7 Å². The van der Waals surface area contributed by atoms with E-state index in [1.165, 1.54) is 0 Å². The lowest BCUT2D eigenvalue weighted by molar-refractivity contribution is -0.141. The molecule has 0 fully saturated rings. The van der Waals surface area contributed by atoms with Crippen molar-refractivity contribution in [3.8, 4) is 0 Å². The molecule has 0 saturated carbocycles. The molecule has 0 aliphatic rings. The van der Waals surface area contributed by atoms with E-state index in [1.807, 2.05) is 44.4 Å². The molecule has 2 N–H and O–H groups in total. The first-order valence-electron chi connectivity index (χ1n) is 8.98. The zero-order valence-electron chi connectivity index (χ0n) is 16.4. The maximum absolute atomic E-state index is 13.3. The van der Waals surface area contributed by atoms with Gasteiger partial charge in [0, 0.05) is 22.3 Å². The van der Waals surface area contributed by atoms with E-state index in [0.29, 0.717) is 0 Å². The molecule has 154 valence electrons. The number of hydrogen-bond acceptors (Lipinski definition) is 5. The molecule has 29 heavy (non-hydrogen) atoms. The van der Waals surface area contributed by atoms with E-state index in [2.05, 4.69) is 20.3 Å². The third kappa shape index (κ3) is 4.55. The van der Waals surface area contributed by atoms with E-state index >= 15 is 0 Å². The molecule has 2 aromatic heterocycles. The van der Waals surface area contributed by atoms with Crippen LogP contribution in [0, 0.1) is 5.92 Å². The lowest BCUT2D eigenvalue weighted by atomic mass is 10.0. The Bertz CT molecular complexity index is 1050. The quantitative estimate of drug-likeness (QED) is 0.393. The fraction of sp³-hybridized carbons (Fsp3) is 0.350. The number of nitrogens with one attached hydrogen (secondary N) is 2. The molecule has 5 nitrogen and oxygen atoms in total. The molecule has 0 bridgehead atoms. The van der Waals surface area contributed by atoms with Crippen molar-refractivity contribution < 1.29 is 18.0 Å². The second-order valence-electron chi connectivity index (χ2n) is 7.05. The van der Waals surface area contributed by atoms with Crippen LogP contribution in [0.1, 0.15) is 48.6 Å². The van der Waals surface area contributed by atoms with Crippen molar-refractivity contribution in [1.82, 2.24) is 15.0 Å². The van der Waals surface area contributed by atoms with Gasteiger partial charge in [-0.2, -0.15) is 13.2 Å². The highest BCUT2D eigenvalue weighted by molar-refractivity contribution is 7.98. The monoisotopic (exact) mass is 422 g/mol. The Labute approximate surface area is 170 Å². The maximum Gasteiger partial charge on any atom is 0.434 e. The summed E-state index contributed by atoms with van der Waals surface area (Å²) in [6, 6.07) is 7.66. The smallest absolute Gasteiger partial charge is 0.357 e. The van der Waals surface area contributed by atoms with Gasteiger partial charge in [-0.15, -0.1) is 11.8 Å². The minimum Gasteiger partial charge on any atom is -0.357 e. The van der Waals surface area contributed by atoms with Crippen LogP contribution < -0.4 is 5.32 Å². The van der Waals surface area contributed by atoms with E-state index in [4.69, 9.17) is 0 Å². The summed E-state index contributed by atoms with van der Waals surface area (Å²) in [5.41, 5.74) is -0.00481. The number of hydrogen-bond donors (Lipinski definition) is 2. The fourth-order valence-electron chi connectivity index (χ4n) is 3.09. The normalized spacial score (nSPS) is 13.1. The van der Waals surface area contributed by atoms with Crippen molar-refractivity contribution in [2.24, 2.45) is 5.92 Å². The molecule has 9 heteroatoms. The van der Waals surface area contributed by atoms with Gasteiger partial charge in [0.1, 0.15) is 0 Å². The Kier molecular flexibility index (Phi) is 5.88. The van der Waals surface area contributed by atoms with E-state index in [-0.39, 0.29) is 17.9 Å². The number of rotatable bonds is 6. The van der Waals surface area contributed by atoms with Crippen LogP contribution in [0.4, 0.5) is 19.1 Å². The van der Waals surface area contributed by atoms with Crippen molar-refractivity contribution in [2.75, 3.05) is 11.6 Å². The standard InChI is InChI=1S/C20H21F3N4OS/c1-10(2)17(16-7-12-5-6-13(29-4)8-15(12)25-16)26-19-24-9-14(11(3)28)18(27-19)20(21,22)23/h5-10,17,25H,1-4H3,(H,24,26,27). The van der Waals surface area contributed by atoms with Crippen molar-refractivity contribution in [1.29, 1.82) is 0 Å². The average Bonchev–Trinajstić information content (AvgIpc) is 3.07. The second kappa shape index (κ2) is 8.06. The summed E-state index contributed by atoms with van der Waals surface area (Å²) in [5, 5.41) is 4.00. The van der Waals surface area contributed by atoms with Crippen LogP contribution in [0.3, 0.4) is 0 Å². The van der Waals surface area contributed by atoms with Crippen LogP contribution in [0.2, 0.25) is 0 Å². The van der Waals surface area contributed by atoms with E-state index in [9.17, 15) is 18.0 Å². The third-order valence-corrected chi connectivity index (χ3v) is 5.30. The maximum atomic E-state index is 13.3. The molecule has 0 spiro atoms. The Hall–Kier alpha value is -2.55. The van der Waals surface area contributed by atoms with Gasteiger partial charge in [-0.3, -0.25) is 4.79 Å². The van der Waals surface area contributed by atoms with Gasteiger partial charge in [-0.25, -0.2) is 9.97 Å². The molecular weight excluding hydrogens is 401 g/mol. The summed E-state index contributed by atoms with van der Waals surface area (Å²) >= 11 is 1.63. The number of nitrogens with zero attached hydrogens (tertiary/aromatic N) is 2. The number of thioether (sulfide) groups is 1. The van der Waals surface area contributed by atoms with Crippen LogP contribution in [0.5, 0.6) is 0 Å². The number of halogens is 3. The number of Topliss-reactive ketones (excluding diaryl/α,β-unsaturated/α-hetero) is 1. The Morgan fingerprint density at radius 2 is 1.97 bits per heavy atom. The summed E-state index contributed by atoms with van der Waals surface area (Å²) in [6.07, 6.45) is -1.83. The molecule has 2 heterocycles. The molecule has 0 amide bonds. The molecule has 0 aliphatic carbocycles. The number of alkyl halides is 3. The van der Waals surface area contributed by atoms with Crippen LogP contribution in [-0.2, 0) is 6.18 Å². The minimum absolute atomic E-state index is 0.0357. The molecule has 1 unspecified atom stereocenters. The minimum atomic E-state index is -4.75. The van der Waals surface area contributed by atoms with Crippen LogP contribution in [-0.4, -0.2) is 27.0 Å². The van der Waals surface area contributed by atoms with Gasteiger partial charge in [0.2, 0.25) is 5.95 Å². The number of aromatic nitrogens is 3. The summed E-state index contributed by atoms with van der Waals surface area (Å²) < 4.78 is 40.0. The molecule has 1 aromatic carbocycles. The predicted molar refractivity (Wildman–Crippen MR) is 108 cm³/mol. The van der Waals surface area contributed by atoms with Gasteiger partial charge in [-0.1, -0.05) is 19.9 Å². The van der Waals surface area contributed by atoms with Crippen molar-refractivity contribution in [3.63, 3.8) is 0 Å². The van der Waals surface area contributed by atoms with Crippen molar-refractivity contribution in [3.05, 3.63) is 47.4 Å². The predicted octanol–water partition coefficient (Wildman–Crippen LogP) is 5.71. The number of aromatic amines is 1. The number of anilines is 1. The first kappa shape index (κ1) is 21.2. The highest BCUT2D eigenvalue weighted by atomic mass is 32.2. The molecular formula is C20H21F3N4OS. The first-order chi connectivity index (χ1) is 13.6. The van der Waals surface area contributed by atoms with Gasteiger partial charge in [0.15, 0.2) is 11.5 Å². The SMILES string of the molecule is CSc1ccc2cc(C(Nc3ncc(C(C)=O)c(C(F)(F)F)n3)C(C)C)[nH]c2c1. The zero-order valence-corrected chi connectivity index (χ0v) is 17.2. The van der Waals surface area contributed by atoms with Gasteiger partial charge < -0.3 is 10.3 Å². The summed E-state index contributed by atoms with van der Waals surface area (Å²) in [7, 11) is 0. The Balaban J connectivity index is 1.98. The Morgan fingerprint density at radius 3 is 2.55 bits per heavy atom. The first-order valence-corrected chi connectivity index (χ1v) is 10.2. The van der Waals surface area contributed by atoms with Crippen LogP contribution in [0.25, 0.3) is 10.9 Å². The van der Waals surface area contributed by atoms with Gasteiger partial charge >= 0.3 is 6.18 Å². The van der Waals surface area contributed by atoms with E-state index < -0.39 is 23.2 Å². The van der Waals surface area contributed by atoms with Crippen LogP contribution in [0.15, 0.2) is 35.4 Å². The summed E-state index contributed by atoms with van der Waals surface area (Å²) in [4.78, 5) is 23.5. The highest BCUT2D eigenvalue weighted by Gasteiger charge is 2.37. The van der Waals surface area contributed by atoms with Crippen molar-refractivity contribution >= 4 is 34.4 Å². The summed E-state index contributed by atoms with van der Waals surface area (Å²) in [5.74, 6) is -0.873. The number of H-pyrrole nitrogens is 1. The van der Waals surface area contributed by atoms with Gasteiger partial charge in [-0.05, 0) is 42.7 Å². The largest absolute Gasteiger partial charge is 0.434 e. The van der Waals surface area contributed by atoms with Crippen LogP contribution >= 0.6 is 11.8 Å². The molecule has 3 aromatic rings. The number of carbonyl (C=O) groups excluding carboxylic acids is 1. The van der Waals surface area contributed by atoms with Gasteiger partial charge in [0.25, 0.3) is 0 Å². The summed E-state index contributed by atoms with van der Waals surface area (Å²) in [6.45, 7) is 4.96. The second-order valence-corrected chi connectivity index (χ2v) is 7.93. The number of benzene rings is 1. The third-order valence-electron chi connectivity index (χ3n) is 4.57. The molecule has 0 aliphatic heterocycles. The van der Waals surface area contributed by atoms with E-state index in [0.717, 1.165) is 34.6 Å². The molecule has 3 rings (SSSR count). The molecule has 0 saturated heterocycles.